The predicted octanol–water partition coefficient (Wildman–Crippen LogP) is 5.76. The molecule has 3 aromatic carbocycles. The quantitative estimate of drug-likeness (QED) is 0.589. The van der Waals surface area contributed by atoms with E-state index in [9.17, 15) is 13.2 Å². The van der Waals surface area contributed by atoms with Gasteiger partial charge in [-0.15, -0.1) is 0 Å². The van der Waals surface area contributed by atoms with Crippen LogP contribution in [0.25, 0.3) is 11.1 Å². The molecule has 0 saturated carbocycles. The average Bonchev–Trinajstić information content (AvgIpc) is 3.04. The molecule has 1 aliphatic heterocycles. The number of nitrogens with zero attached hydrogens (tertiary/aromatic N) is 1. The maximum Gasteiger partial charge on any atom is 0.416 e. The van der Waals surface area contributed by atoms with Crippen molar-refractivity contribution in [2.45, 2.75) is 18.6 Å². The molecule has 1 N–H and O–H groups in total. The topological polar surface area (TPSA) is 15.3 Å². The van der Waals surface area contributed by atoms with Gasteiger partial charge in [0.25, 0.3) is 0 Å². The molecule has 0 aliphatic carbocycles. The van der Waals surface area contributed by atoms with E-state index < -0.39 is 11.7 Å². The van der Waals surface area contributed by atoms with Gasteiger partial charge in [0.15, 0.2) is 0 Å². The molecule has 0 radical (unpaired) electrons. The van der Waals surface area contributed by atoms with Gasteiger partial charge in [0.2, 0.25) is 0 Å². The maximum absolute atomic E-state index is 13.4. The molecule has 1 aliphatic rings. The summed E-state index contributed by atoms with van der Waals surface area (Å²) in [5.41, 5.74) is 3.31. The Hall–Kier alpha value is -2.63. The third kappa shape index (κ3) is 4.74. The first kappa shape index (κ1) is 20.6. The molecule has 1 fully saturated rings. The summed E-state index contributed by atoms with van der Waals surface area (Å²) in [6.45, 7) is 3.39. The molecule has 156 valence electrons. The standard InChI is InChI=1S/C25H25F3N2/c26-25(27,28)23-9-4-8-22(18-23)24(30-16-5-14-29-15-17-30)21-12-10-20(11-13-21)19-6-2-1-3-7-19/h1-4,6-13,18,24,29H,5,14-17H2. The van der Waals surface area contributed by atoms with Crippen molar-refractivity contribution in [3.05, 3.63) is 95.6 Å². The molecule has 30 heavy (non-hydrogen) atoms. The fraction of sp³-hybridized carbons (Fsp3) is 0.280. The van der Waals surface area contributed by atoms with E-state index in [0.29, 0.717) is 5.56 Å². The minimum Gasteiger partial charge on any atom is -0.315 e. The van der Waals surface area contributed by atoms with Gasteiger partial charge in [0.1, 0.15) is 0 Å². The summed E-state index contributed by atoms with van der Waals surface area (Å²) in [6, 6.07) is 23.9. The second-order valence-electron chi connectivity index (χ2n) is 7.65. The molecule has 0 amide bonds. The third-order valence-corrected chi connectivity index (χ3v) is 5.60. The first-order valence-electron chi connectivity index (χ1n) is 10.3. The van der Waals surface area contributed by atoms with Crippen LogP contribution in [0.3, 0.4) is 0 Å². The van der Waals surface area contributed by atoms with Crippen molar-refractivity contribution in [2.75, 3.05) is 26.2 Å². The largest absolute Gasteiger partial charge is 0.416 e. The lowest BCUT2D eigenvalue weighted by atomic mass is 9.93. The average molecular weight is 410 g/mol. The van der Waals surface area contributed by atoms with Crippen LogP contribution in [0.5, 0.6) is 0 Å². The van der Waals surface area contributed by atoms with Gasteiger partial charge in [-0.2, -0.15) is 13.2 Å². The van der Waals surface area contributed by atoms with E-state index in [1.807, 2.05) is 36.4 Å². The van der Waals surface area contributed by atoms with Crippen LogP contribution in [-0.4, -0.2) is 31.1 Å². The summed E-state index contributed by atoms with van der Waals surface area (Å²) < 4.78 is 40.1. The Morgan fingerprint density at radius 1 is 0.733 bits per heavy atom. The Bertz CT molecular complexity index is 944. The van der Waals surface area contributed by atoms with Gasteiger partial charge in [-0.3, -0.25) is 4.90 Å². The fourth-order valence-electron chi connectivity index (χ4n) is 4.11. The summed E-state index contributed by atoms with van der Waals surface area (Å²) >= 11 is 0. The van der Waals surface area contributed by atoms with Gasteiger partial charge >= 0.3 is 6.18 Å². The number of nitrogens with one attached hydrogen (secondary N) is 1. The summed E-state index contributed by atoms with van der Waals surface area (Å²) in [4.78, 5) is 2.28. The van der Waals surface area contributed by atoms with Crippen molar-refractivity contribution >= 4 is 0 Å². The lowest BCUT2D eigenvalue weighted by Crippen LogP contribution is -2.33. The highest BCUT2D eigenvalue weighted by Gasteiger charge is 2.32. The molecular weight excluding hydrogens is 385 g/mol. The number of rotatable bonds is 4. The molecule has 0 aromatic heterocycles. The second kappa shape index (κ2) is 9.02. The van der Waals surface area contributed by atoms with Crippen LogP contribution < -0.4 is 5.32 Å². The van der Waals surface area contributed by atoms with Crippen molar-refractivity contribution < 1.29 is 13.2 Å². The first-order valence-corrected chi connectivity index (χ1v) is 10.3. The fourth-order valence-corrected chi connectivity index (χ4v) is 4.11. The molecule has 1 heterocycles. The van der Waals surface area contributed by atoms with Crippen LogP contribution >= 0.6 is 0 Å². The van der Waals surface area contributed by atoms with Crippen molar-refractivity contribution in [3.8, 4) is 11.1 Å². The van der Waals surface area contributed by atoms with Crippen LogP contribution in [0.4, 0.5) is 13.2 Å². The first-order chi connectivity index (χ1) is 14.5. The molecule has 1 atom stereocenters. The highest BCUT2D eigenvalue weighted by atomic mass is 19.4. The number of hydrogen-bond acceptors (Lipinski definition) is 2. The lowest BCUT2D eigenvalue weighted by Gasteiger charge is -2.32. The van der Waals surface area contributed by atoms with Crippen LogP contribution in [0.15, 0.2) is 78.9 Å². The molecule has 1 saturated heterocycles. The molecule has 0 bridgehead atoms. The van der Waals surface area contributed by atoms with E-state index in [4.69, 9.17) is 0 Å². The Labute approximate surface area is 175 Å². The van der Waals surface area contributed by atoms with E-state index in [1.165, 1.54) is 12.1 Å². The van der Waals surface area contributed by atoms with E-state index in [0.717, 1.165) is 55.4 Å². The van der Waals surface area contributed by atoms with Crippen molar-refractivity contribution in [1.82, 2.24) is 10.2 Å². The normalized spacial score (nSPS) is 16.8. The summed E-state index contributed by atoms with van der Waals surface area (Å²) in [6.07, 6.45) is -3.38. The Morgan fingerprint density at radius 3 is 2.20 bits per heavy atom. The van der Waals surface area contributed by atoms with E-state index in [1.54, 1.807) is 0 Å². The number of halogens is 3. The van der Waals surface area contributed by atoms with Gasteiger partial charge in [-0.05, 0) is 47.4 Å². The number of benzene rings is 3. The van der Waals surface area contributed by atoms with Crippen LogP contribution in [0, 0.1) is 0 Å². The van der Waals surface area contributed by atoms with Gasteiger partial charge in [-0.25, -0.2) is 0 Å². The molecule has 5 heteroatoms. The van der Waals surface area contributed by atoms with Crippen molar-refractivity contribution in [2.24, 2.45) is 0 Å². The molecule has 4 rings (SSSR count). The third-order valence-electron chi connectivity index (χ3n) is 5.60. The smallest absolute Gasteiger partial charge is 0.315 e. The van der Waals surface area contributed by atoms with Crippen molar-refractivity contribution in [1.29, 1.82) is 0 Å². The Balaban J connectivity index is 1.72. The Morgan fingerprint density at radius 2 is 1.47 bits per heavy atom. The lowest BCUT2D eigenvalue weighted by molar-refractivity contribution is -0.137. The molecular formula is C25H25F3N2. The van der Waals surface area contributed by atoms with Crippen LogP contribution in [0.1, 0.15) is 29.2 Å². The summed E-state index contributed by atoms with van der Waals surface area (Å²) in [7, 11) is 0. The minimum absolute atomic E-state index is 0.211. The van der Waals surface area contributed by atoms with Gasteiger partial charge in [0, 0.05) is 19.6 Å². The van der Waals surface area contributed by atoms with Crippen molar-refractivity contribution in [3.63, 3.8) is 0 Å². The molecule has 2 nitrogen and oxygen atoms in total. The zero-order valence-electron chi connectivity index (χ0n) is 16.7. The highest BCUT2D eigenvalue weighted by Crippen LogP contribution is 2.35. The minimum atomic E-state index is -4.35. The molecule has 3 aromatic rings. The van der Waals surface area contributed by atoms with Gasteiger partial charge < -0.3 is 5.32 Å². The van der Waals surface area contributed by atoms with Crippen LogP contribution in [0.2, 0.25) is 0 Å². The predicted molar refractivity (Wildman–Crippen MR) is 114 cm³/mol. The van der Waals surface area contributed by atoms with E-state index in [-0.39, 0.29) is 6.04 Å². The van der Waals surface area contributed by atoms with E-state index >= 15 is 0 Å². The zero-order chi connectivity index (χ0) is 21.0. The highest BCUT2D eigenvalue weighted by molar-refractivity contribution is 5.63. The summed E-state index contributed by atoms with van der Waals surface area (Å²) in [5, 5.41) is 3.38. The zero-order valence-corrected chi connectivity index (χ0v) is 16.7. The van der Waals surface area contributed by atoms with Gasteiger partial charge in [0.05, 0.1) is 11.6 Å². The number of hydrogen-bond donors (Lipinski definition) is 1. The second-order valence-corrected chi connectivity index (χ2v) is 7.65. The SMILES string of the molecule is FC(F)(F)c1cccc(C(c2ccc(-c3ccccc3)cc2)N2CCCNCC2)c1. The molecule has 1 unspecified atom stereocenters. The van der Waals surface area contributed by atoms with Crippen LogP contribution in [-0.2, 0) is 6.18 Å². The number of alkyl halides is 3. The maximum atomic E-state index is 13.4. The monoisotopic (exact) mass is 410 g/mol. The molecule has 0 spiro atoms. The van der Waals surface area contributed by atoms with E-state index in [2.05, 4.69) is 34.5 Å². The summed E-state index contributed by atoms with van der Waals surface area (Å²) in [5.74, 6) is 0. The Kier molecular flexibility index (Phi) is 6.21. The van der Waals surface area contributed by atoms with Gasteiger partial charge in [-0.1, -0.05) is 66.7 Å².